The average Bonchev–Trinajstić information content (AvgIpc) is 2.81. The summed E-state index contributed by atoms with van der Waals surface area (Å²) in [5.41, 5.74) is 0. The topological polar surface area (TPSA) is 32.8 Å². The fourth-order valence-electron chi connectivity index (χ4n) is 2.05. The maximum Gasteiger partial charge on any atom is 0.223 e. The van der Waals surface area contributed by atoms with Crippen molar-refractivity contribution in [3.63, 3.8) is 0 Å². The van der Waals surface area contributed by atoms with E-state index in [-0.39, 0.29) is 0 Å². The van der Waals surface area contributed by atoms with Gasteiger partial charge in [-0.1, -0.05) is 13.3 Å². The second kappa shape index (κ2) is 3.66. The third-order valence-corrected chi connectivity index (χ3v) is 2.82. The normalized spacial score (nSPS) is 32.7. The van der Waals surface area contributed by atoms with Crippen LogP contribution in [0.4, 0.5) is 0 Å². The molecule has 74 valence electrons. The Bertz CT molecular complexity index is 201. The van der Waals surface area contributed by atoms with Crippen molar-refractivity contribution in [3.05, 3.63) is 0 Å². The zero-order valence-corrected chi connectivity index (χ0v) is 8.16. The zero-order chi connectivity index (χ0) is 9.26. The lowest BCUT2D eigenvalue weighted by atomic mass is 10.0. The maximum atomic E-state index is 11.5. The molecule has 0 aromatic heterocycles. The van der Waals surface area contributed by atoms with Gasteiger partial charge in [0, 0.05) is 19.5 Å². The Kier molecular flexibility index (Phi) is 2.54. The lowest BCUT2D eigenvalue weighted by Crippen LogP contribution is -2.29. The van der Waals surface area contributed by atoms with Crippen molar-refractivity contribution in [2.75, 3.05) is 19.7 Å². The number of carbonyl (C=O) groups is 1. The Morgan fingerprint density at radius 2 is 2.38 bits per heavy atom. The Morgan fingerprint density at radius 1 is 1.62 bits per heavy atom. The van der Waals surface area contributed by atoms with Gasteiger partial charge in [0.1, 0.15) is 0 Å². The molecule has 0 aliphatic carbocycles. The standard InChI is InChI=1S/C10H17NO2/c1-2-3-8-4-10(12)11(5-8)6-9-7-13-9/h8-9H,2-7H2,1H3. The van der Waals surface area contributed by atoms with Crippen LogP contribution in [-0.4, -0.2) is 36.6 Å². The van der Waals surface area contributed by atoms with Gasteiger partial charge in [-0.2, -0.15) is 0 Å². The maximum absolute atomic E-state index is 11.5. The Balaban J connectivity index is 1.80. The molecular weight excluding hydrogens is 166 g/mol. The molecule has 2 aliphatic heterocycles. The van der Waals surface area contributed by atoms with Crippen molar-refractivity contribution in [2.45, 2.75) is 32.3 Å². The molecule has 0 N–H and O–H groups in total. The SMILES string of the molecule is CCCC1CC(=O)N(CC2CO2)C1. The van der Waals surface area contributed by atoms with Crippen molar-refractivity contribution in [1.29, 1.82) is 0 Å². The highest BCUT2D eigenvalue weighted by atomic mass is 16.6. The number of ether oxygens (including phenoxy) is 1. The van der Waals surface area contributed by atoms with E-state index in [0.717, 1.165) is 26.1 Å². The quantitative estimate of drug-likeness (QED) is 0.610. The molecule has 2 saturated heterocycles. The van der Waals surface area contributed by atoms with E-state index in [1.165, 1.54) is 12.8 Å². The first-order valence-corrected chi connectivity index (χ1v) is 5.19. The molecule has 2 atom stereocenters. The summed E-state index contributed by atoms with van der Waals surface area (Å²) in [6.45, 7) is 4.82. The average molecular weight is 183 g/mol. The summed E-state index contributed by atoms with van der Waals surface area (Å²) >= 11 is 0. The van der Waals surface area contributed by atoms with Gasteiger partial charge in [0.2, 0.25) is 5.91 Å². The van der Waals surface area contributed by atoms with Crippen LogP contribution in [0.25, 0.3) is 0 Å². The van der Waals surface area contributed by atoms with Crippen LogP contribution < -0.4 is 0 Å². The van der Waals surface area contributed by atoms with Gasteiger partial charge in [-0.3, -0.25) is 4.79 Å². The zero-order valence-electron chi connectivity index (χ0n) is 8.16. The van der Waals surface area contributed by atoms with Gasteiger partial charge >= 0.3 is 0 Å². The highest BCUT2D eigenvalue weighted by molar-refractivity contribution is 5.78. The van der Waals surface area contributed by atoms with E-state index in [9.17, 15) is 4.79 Å². The summed E-state index contributed by atoms with van der Waals surface area (Å²) in [6.07, 6.45) is 3.49. The van der Waals surface area contributed by atoms with E-state index in [1.54, 1.807) is 0 Å². The van der Waals surface area contributed by atoms with Gasteiger partial charge in [-0.05, 0) is 12.3 Å². The molecule has 3 nitrogen and oxygen atoms in total. The van der Waals surface area contributed by atoms with E-state index in [1.807, 2.05) is 4.90 Å². The number of hydrogen-bond donors (Lipinski definition) is 0. The summed E-state index contributed by atoms with van der Waals surface area (Å²) < 4.78 is 5.12. The Labute approximate surface area is 79.0 Å². The highest BCUT2D eigenvalue weighted by Crippen LogP contribution is 2.24. The van der Waals surface area contributed by atoms with Gasteiger partial charge in [-0.15, -0.1) is 0 Å². The van der Waals surface area contributed by atoms with E-state index in [4.69, 9.17) is 4.74 Å². The Hall–Kier alpha value is -0.570. The second-order valence-electron chi connectivity index (χ2n) is 4.11. The fourth-order valence-corrected chi connectivity index (χ4v) is 2.05. The molecule has 1 amide bonds. The minimum Gasteiger partial charge on any atom is -0.371 e. The molecule has 2 fully saturated rings. The molecule has 0 aromatic carbocycles. The van der Waals surface area contributed by atoms with Gasteiger partial charge in [0.25, 0.3) is 0 Å². The molecule has 2 rings (SSSR count). The Morgan fingerprint density at radius 3 is 3.00 bits per heavy atom. The highest BCUT2D eigenvalue weighted by Gasteiger charge is 2.33. The first-order chi connectivity index (χ1) is 6.29. The lowest BCUT2D eigenvalue weighted by Gasteiger charge is -2.14. The minimum absolute atomic E-state index is 0.328. The molecular formula is C10H17NO2. The van der Waals surface area contributed by atoms with Gasteiger partial charge in [-0.25, -0.2) is 0 Å². The van der Waals surface area contributed by atoms with Crippen molar-refractivity contribution in [2.24, 2.45) is 5.92 Å². The van der Waals surface area contributed by atoms with Crippen LogP contribution >= 0.6 is 0 Å². The number of nitrogens with zero attached hydrogens (tertiary/aromatic N) is 1. The smallest absolute Gasteiger partial charge is 0.223 e. The van der Waals surface area contributed by atoms with Crippen molar-refractivity contribution >= 4 is 5.91 Å². The predicted octanol–water partition coefficient (Wildman–Crippen LogP) is 1.03. The molecule has 3 heteroatoms. The van der Waals surface area contributed by atoms with Gasteiger partial charge in [0.05, 0.1) is 12.7 Å². The summed E-state index contributed by atoms with van der Waals surface area (Å²) in [7, 11) is 0. The van der Waals surface area contributed by atoms with E-state index in [0.29, 0.717) is 17.9 Å². The van der Waals surface area contributed by atoms with Crippen molar-refractivity contribution in [1.82, 2.24) is 4.90 Å². The van der Waals surface area contributed by atoms with Crippen LogP contribution in [0, 0.1) is 5.92 Å². The van der Waals surface area contributed by atoms with Crippen LogP contribution in [0.2, 0.25) is 0 Å². The summed E-state index contributed by atoms with van der Waals surface area (Å²) in [4.78, 5) is 13.5. The first-order valence-electron chi connectivity index (χ1n) is 5.19. The molecule has 0 aromatic rings. The molecule has 13 heavy (non-hydrogen) atoms. The molecule has 0 saturated carbocycles. The van der Waals surface area contributed by atoms with E-state index in [2.05, 4.69) is 6.92 Å². The monoisotopic (exact) mass is 183 g/mol. The summed E-state index contributed by atoms with van der Waals surface area (Å²) in [5.74, 6) is 0.935. The van der Waals surface area contributed by atoms with Crippen LogP contribution in [-0.2, 0) is 9.53 Å². The largest absolute Gasteiger partial charge is 0.371 e. The molecule has 0 bridgehead atoms. The van der Waals surface area contributed by atoms with Crippen LogP contribution in [0.5, 0.6) is 0 Å². The number of hydrogen-bond acceptors (Lipinski definition) is 2. The first kappa shape index (κ1) is 9.00. The van der Waals surface area contributed by atoms with Crippen LogP contribution in [0.15, 0.2) is 0 Å². The van der Waals surface area contributed by atoms with E-state index < -0.39 is 0 Å². The molecule has 2 unspecified atom stereocenters. The number of rotatable bonds is 4. The van der Waals surface area contributed by atoms with Crippen molar-refractivity contribution < 1.29 is 9.53 Å². The molecule has 2 heterocycles. The predicted molar refractivity (Wildman–Crippen MR) is 49.3 cm³/mol. The number of amides is 1. The molecule has 0 spiro atoms. The summed E-state index contributed by atoms with van der Waals surface area (Å²) in [5, 5.41) is 0. The number of carbonyl (C=O) groups excluding carboxylic acids is 1. The second-order valence-corrected chi connectivity index (χ2v) is 4.11. The molecule has 2 aliphatic rings. The number of likely N-dealkylation sites (tertiary alicyclic amines) is 1. The van der Waals surface area contributed by atoms with Crippen LogP contribution in [0.1, 0.15) is 26.2 Å². The van der Waals surface area contributed by atoms with Crippen molar-refractivity contribution in [3.8, 4) is 0 Å². The number of epoxide rings is 1. The fraction of sp³-hybridized carbons (Fsp3) is 0.900. The van der Waals surface area contributed by atoms with Gasteiger partial charge in [0.15, 0.2) is 0 Å². The van der Waals surface area contributed by atoms with Crippen LogP contribution in [0.3, 0.4) is 0 Å². The third kappa shape index (κ3) is 2.21. The molecule has 0 radical (unpaired) electrons. The van der Waals surface area contributed by atoms with E-state index >= 15 is 0 Å². The lowest BCUT2D eigenvalue weighted by molar-refractivity contribution is -0.127. The minimum atomic E-state index is 0.328. The summed E-state index contributed by atoms with van der Waals surface area (Å²) in [6, 6.07) is 0. The van der Waals surface area contributed by atoms with Gasteiger partial charge < -0.3 is 9.64 Å². The third-order valence-electron chi connectivity index (χ3n) is 2.82.